The number of nitro benzene ring substituents is 1. The Morgan fingerprint density at radius 1 is 0.923 bits per heavy atom. The lowest BCUT2D eigenvalue weighted by Crippen LogP contribution is -2.32. The molecule has 0 radical (unpaired) electrons. The summed E-state index contributed by atoms with van der Waals surface area (Å²) in [4.78, 5) is 36.1. The van der Waals surface area contributed by atoms with Crippen LogP contribution in [-0.2, 0) is 4.79 Å². The molecule has 1 aromatic heterocycles. The molecule has 4 aromatic rings. The lowest BCUT2D eigenvalue weighted by atomic mass is 10.1. The van der Waals surface area contributed by atoms with E-state index in [1.807, 2.05) is 0 Å². The van der Waals surface area contributed by atoms with Crippen molar-refractivity contribution in [3.63, 3.8) is 0 Å². The molecule has 11 heteroatoms. The minimum absolute atomic E-state index is 0.0289. The quantitative estimate of drug-likeness (QED) is 0.149. The predicted octanol–water partition coefficient (Wildman–Crippen LogP) is 4.50. The molecule has 0 spiro atoms. The van der Waals surface area contributed by atoms with Gasteiger partial charge in [0.2, 0.25) is 6.79 Å². The fourth-order valence-corrected chi connectivity index (χ4v) is 3.65. The van der Waals surface area contributed by atoms with Gasteiger partial charge in [-0.25, -0.2) is 5.43 Å². The van der Waals surface area contributed by atoms with Crippen molar-refractivity contribution in [1.29, 1.82) is 0 Å². The highest BCUT2D eigenvalue weighted by molar-refractivity contribution is 6.05. The minimum atomic E-state index is -0.671. The largest absolute Gasteiger partial charge is 0.455 e. The van der Waals surface area contributed by atoms with Crippen LogP contribution in [0.3, 0.4) is 0 Å². The Balaban J connectivity index is 1.31. The number of rotatable bonds is 8. The van der Waals surface area contributed by atoms with E-state index < -0.39 is 16.7 Å². The second-order valence-corrected chi connectivity index (χ2v) is 8.20. The van der Waals surface area contributed by atoms with Gasteiger partial charge in [-0.3, -0.25) is 19.7 Å². The molecule has 2 N–H and O–H groups in total. The first kappa shape index (κ1) is 25.0. The number of amides is 2. The molecule has 0 bridgehead atoms. The van der Waals surface area contributed by atoms with Gasteiger partial charge in [0.05, 0.1) is 11.1 Å². The van der Waals surface area contributed by atoms with Crippen molar-refractivity contribution in [2.24, 2.45) is 5.10 Å². The van der Waals surface area contributed by atoms with Crippen molar-refractivity contribution in [3.8, 4) is 22.8 Å². The second kappa shape index (κ2) is 11.1. The van der Waals surface area contributed by atoms with Gasteiger partial charge in [0.1, 0.15) is 17.2 Å². The van der Waals surface area contributed by atoms with E-state index in [4.69, 9.17) is 13.9 Å². The number of fused-ring (bicyclic) bond motifs is 1. The van der Waals surface area contributed by atoms with Gasteiger partial charge in [-0.1, -0.05) is 24.3 Å². The molecule has 0 saturated carbocycles. The standard InChI is InChI=1S/C28H20N4O7/c33-27(20-4-2-1-3-5-20)30-23(14-18-6-12-25-26(15-18)38-17-37-25)28(34)31-29-16-22-11-13-24(39-22)19-7-9-21(10-8-19)32(35)36/h1-16H,17H2,(H,30,33)(H,31,34). The maximum Gasteiger partial charge on any atom is 0.287 e. The molecule has 0 unspecified atom stereocenters. The second-order valence-electron chi connectivity index (χ2n) is 8.20. The summed E-state index contributed by atoms with van der Waals surface area (Å²) in [5, 5.41) is 17.4. The van der Waals surface area contributed by atoms with Gasteiger partial charge >= 0.3 is 0 Å². The first-order chi connectivity index (χ1) is 19.0. The first-order valence-corrected chi connectivity index (χ1v) is 11.6. The molecule has 2 amide bonds. The Hall–Kier alpha value is -5.71. The molecule has 3 aromatic carbocycles. The Morgan fingerprint density at radius 2 is 1.69 bits per heavy atom. The summed E-state index contributed by atoms with van der Waals surface area (Å²) in [5.41, 5.74) is 3.92. The molecule has 0 aliphatic carbocycles. The number of nitrogens with zero attached hydrogens (tertiary/aromatic N) is 2. The zero-order valence-electron chi connectivity index (χ0n) is 20.2. The Labute approximate surface area is 221 Å². The van der Waals surface area contributed by atoms with Crippen molar-refractivity contribution in [3.05, 3.63) is 118 Å². The highest BCUT2D eigenvalue weighted by atomic mass is 16.7. The maximum atomic E-state index is 13.0. The van der Waals surface area contributed by atoms with Crippen LogP contribution in [0.5, 0.6) is 11.5 Å². The van der Waals surface area contributed by atoms with Crippen LogP contribution in [0.25, 0.3) is 17.4 Å². The van der Waals surface area contributed by atoms with E-state index in [0.717, 1.165) is 0 Å². The maximum absolute atomic E-state index is 13.0. The predicted molar refractivity (Wildman–Crippen MR) is 141 cm³/mol. The van der Waals surface area contributed by atoms with Crippen molar-refractivity contribution < 1.29 is 28.4 Å². The van der Waals surface area contributed by atoms with E-state index in [9.17, 15) is 19.7 Å². The summed E-state index contributed by atoms with van der Waals surface area (Å²) in [6.07, 6.45) is 2.79. The highest BCUT2D eigenvalue weighted by Crippen LogP contribution is 2.33. The molecule has 1 aliphatic heterocycles. The average molecular weight is 524 g/mol. The fourth-order valence-electron chi connectivity index (χ4n) is 3.65. The number of hydrogen-bond acceptors (Lipinski definition) is 8. The van der Waals surface area contributed by atoms with E-state index >= 15 is 0 Å². The topological polar surface area (TPSA) is 145 Å². The number of benzene rings is 3. The number of hydrazone groups is 1. The van der Waals surface area contributed by atoms with Gasteiger partial charge in [-0.05, 0) is 60.2 Å². The monoisotopic (exact) mass is 524 g/mol. The van der Waals surface area contributed by atoms with Crippen LogP contribution in [0.2, 0.25) is 0 Å². The molecule has 194 valence electrons. The fraction of sp³-hybridized carbons (Fsp3) is 0.0357. The number of ether oxygens (including phenoxy) is 2. The molecule has 5 rings (SSSR count). The Kier molecular flexibility index (Phi) is 7.13. The van der Waals surface area contributed by atoms with E-state index in [1.54, 1.807) is 72.8 Å². The molecule has 39 heavy (non-hydrogen) atoms. The van der Waals surface area contributed by atoms with Gasteiger partial charge < -0.3 is 19.2 Å². The summed E-state index contributed by atoms with van der Waals surface area (Å²) in [7, 11) is 0. The Bertz CT molecular complexity index is 1590. The number of nitro groups is 1. The molecule has 0 saturated heterocycles. The zero-order valence-corrected chi connectivity index (χ0v) is 20.2. The molecule has 1 aliphatic rings. The van der Waals surface area contributed by atoms with E-state index in [1.165, 1.54) is 24.4 Å². The SMILES string of the molecule is O=C(NN=Cc1ccc(-c2ccc([N+](=O)[O-])cc2)o1)C(=Cc1ccc2c(c1)OCO2)NC(=O)c1ccccc1. The van der Waals surface area contributed by atoms with Gasteiger partial charge in [0.15, 0.2) is 11.5 Å². The van der Waals surface area contributed by atoms with Gasteiger partial charge in [0, 0.05) is 23.3 Å². The molecule has 2 heterocycles. The Morgan fingerprint density at radius 3 is 2.46 bits per heavy atom. The van der Waals surface area contributed by atoms with E-state index in [0.29, 0.717) is 39.7 Å². The van der Waals surface area contributed by atoms with E-state index in [-0.39, 0.29) is 18.2 Å². The third kappa shape index (κ3) is 6.00. The smallest absolute Gasteiger partial charge is 0.287 e. The lowest BCUT2D eigenvalue weighted by Gasteiger charge is -2.09. The minimum Gasteiger partial charge on any atom is -0.455 e. The molecular formula is C28H20N4O7. The van der Waals surface area contributed by atoms with Crippen LogP contribution in [0, 0.1) is 10.1 Å². The summed E-state index contributed by atoms with van der Waals surface area (Å²) >= 11 is 0. The third-order valence-corrected chi connectivity index (χ3v) is 5.58. The zero-order chi connectivity index (χ0) is 27.2. The first-order valence-electron chi connectivity index (χ1n) is 11.6. The van der Waals surface area contributed by atoms with Crippen LogP contribution in [0.1, 0.15) is 21.7 Å². The molecule has 11 nitrogen and oxygen atoms in total. The molecule has 0 atom stereocenters. The number of non-ortho nitro benzene ring substituents is 1. The normalized spacial score (nSPS) is 12.4. The summed E-state index contributed by atoms with van der Waals surface area (Å²) < 4.78 is 16.4. The number of nitrogens with one attached hydrogen (secondary N) is 2. The summed E-state index contributed by atoms with van der Waals surface area (Å²) in [6, 6.07) is 22.8. The van der Waals surface area contributed by atoms with Gasteiger partial charge in [-0.2, -0.15) is 5.10 Å². The molecule has 0 fully saturated rings. The lowest BCUT2D eigenvalue weighted by molar-refractivity contribution is -0.384. The number of furan rings is 1. The van der Waals surface area contributed by atoms with Crippen LogP contribution in [-0.4, -0.2) is 29.7 Å². The van der Waals surface area contributed by atoms with Crippen LogP contribution < -0.4 is 20.2 Å². The average Bonchev–Trinajstić information content (AvgIpc) is 3.63. The van der Waals surface area contributed by atoms with Crippen LogP contribution in [0.15, 0.2) is 100 Å². The number of carbonyl (C=O) groups is 2. The number of hydrogen-bond donors (Lipinski definition) is 2. The van der Waals surface area contributed by atoms with Crippen molar-refractivity contribution in [1.82, 2.24) is 10.7 Å². The highest BCUT2D eigenvalue weighted by Gasteiger charge is 2.17. The summed E-state index contributed by atoms with van der Waals surface area (Å²) in [5.74, 6) is 0.769. The van der Waals surface area contributed by atoms with Gasteiger partial charge in [0.25, 0.3) is 17.5 Å². The van der Waals surface area contributed by atoms with E-state index in [2.05, 4.69) is 15.8 Å². The summed E-state index contributed by atoms with van der Waals surface area (Å²) in [6.45, 7) is 0.105. The third-order valence-electron chi connectivity index (χ3n) is 5.58. The van der Waals surface area contributed by atoms with Crippen molar-refractivity contribution in [2.45, 2.75) is 0 Å². The number of carbonyl (C=O) groups excluding carboxylic acids is 2. The van der Waals surface area contributed by atoms with Crippen LogP contribution >= 0.6 is 0 Å². The molecular weight excluding hydrogens is 504 g/mol. The van der Waals surface area contributed by atoms with Crippen molar-refractivity contribution >= 4 is 29.8 Å². The van der Waals surface area contributed by atoms with Gasteiger partial charge in [-0.15, -0.1) is 0 Å². The van der Waals surface area contributed by atoms with Crippen LogP contribution in [0.4, 0.5) is 5.69 Å². The van der Waals surface area contributed by atoms with Crippen molar-refractivity contribution in [2.75, 3.05) is 6.79 Å².